The molecule has 2 aliphatic rings. The Morgan fingerprint density at radius 3 is 1.42 bits per heavy atom. The van der Waals surface area contributed by atoms with Crippen molar-refractivity contribution in [1.82, 2.24) is 0 Å². The molecule has 0 N–H and O–H groups in total. The Bertz CT molecular complexity index is 278. The van der Waals surface area contributed by atoms with Crippen LogP contribution >= 0.6 is 11.6 Å². The van der Waals surface area contributed by atoms with Crippen LogP contribution in [0.2, 0.25) is 0 Å². The van der Waals surface area contributed by atoms with Gasteiger partial charge in [0.2, 0.25) is 0 Å². The SMILES string of the molecule is C1=CCC/C=C\CC1.Cl/C1=C/CC/C=C\CC1.[Ir].[Ir]. The van der Waals surface area contributed by atoms with Crippen molar-refractivity contribution in [2.45, 2.75) is 51.4 Å². The molecule has 0 aromatic carbocycles. The van der Waals surface area contributed by atoms with E-state index < -0.39 is 0 Å². The summed E-state index contributed by atoms with van der Waals surface area (Å²) in [5.74, 6) is 0. The number of hydrogen-bond acceptors (Lipinski definition) is 0. The minimum Gasteiger partial charge on any atom is -0.0895 e. The topological polar surface area (TPSA) is 0 Å². The Balaban J connectivity index is 0. The van der Waals surface area contributed by atoms with Crippen LogP contribution < -0.4 is 0 Å². The monoisotopic (exact) mass is 636 g/mol. The maximum absolute atomic E-state index is 5.82. The first-order valence-corrected chi connectivity index (χ1v) is 7.07. The Kier molecular flexibility index (Phi) is 19.1. The molecule has 2 aliphatic carbocycles. The summed E-state index contributed by atoms with van der Waals surface area (Å²) in [4.78, 5) is 0. The minimum atomic E-state index is 0. The second-order valence-corrected chi connectivity index (χ2v) is 4.82. The zero-order chi connectivity index (χ0) is 12.2. The van der Waals surface area contributed by atoms with Crippen LogP contribution in [0.25, 0.3) is 0 Å². The molecule has 0 spiro atoms. The molecular formula is C16H23ClIr2. The number of allylic oxidation sites excluding steroid dienone is 8. The normalized spacial score (nSPS) is 24.2. The van der Waals surface area contributed by atoms with Crippen LogP contribution in [0, 0.1) is 0 Å². The summed E-state index contributed by atoms with van der Waals surface area (Å²) < 4.78 is 0. The molecule has 0 aromatic heterocycles. The molecule has 0 bridgehead atoms. The van der Waals surface area contributed by atoms with Crippen molar-refractivity contribution in [2.75, 3.05) is 0 Å². The van der Waals surface area contributed by atoms with Crippen molar-refractivity contribution >= 4 is 11.6 Å². The molecule has 2 radical (unpaired) electrons. The molecule has 19 heavy (non-hydrogen) atoms. The molecule has 0 saturated carbocycles. The Morgan fingerprint density at radius 2 is 0.947 bits per heavy atom. The van der Waals surface area contributed by atoms with Crippen molar-refractivity contribution in [3.05, 3.63) is 47.6 Å². The van der Waals surface area contributed by atoms with Gasteiger partial charge in [0, 0.05) is 45.2 Å². The van der Waals surface area contributed by atoms with Crippen LogP contribution in [0.15, 0.2) is 47.6 Å². The number of rotatable bonds is 0. The van der Waals surface area contributed by atoms with Crippen molar-refractivity contribution < 1.29 is 40.2 Å². The maximum atomic E-state index is 5.82. The fraction of sp³-hybridized carbons (Fsp3) is 0.500. The smallest absolute Gasteiger partial charge is 0.0144 e. The van der Waals surface area contributed by atoms with E-state index in [9.17, 15) is 0 Å². The van der Waals surface area contributed by atoms with Gasteiger partial charge in [-0.15, -0.1) is 0 Å². The maximum Gasteiger partial charge on any atom is 0.0144 e. The summed E-state index contributed by atoms with van der Waals surface area (Å²) in [7, 11) is 0. The van der Waals surface area contributed by atoms with Crippen LogP contribution in [0.5, 0.6) is 0 Å². The molecule has 2 rings (SSSR count). The van der Waals surface area contributed by atoms with Crippen LogP contribution in [-0.2, 0) is 40.2 Å². The molecule has 112 valence electrons. The van der Waals surface area contributed by atoms with Gasteiger partial charge in [-0.05, 0) is 51.4 Å². The van der Waals surface area contributed by atoms with E-state index in [1.165, 1.54) is 25.7 Å². The zero-order valence-corrected chi connectivity index (χ0v) is 16.8. The quantitative estimate of drug-likeness (QED) is 0.291. The van der Waals surface area contributed by atoms with Crippen molar-refractivity contribution in [2.24, 2.45) is 0 Å². The number of halogens is 1. The van der Waals surface area contributed by atoms with E-state index in [2.05, 4.69) is 42.5 Å². The van der Waals surface area contributed by atoms with Crippen LogP contribution in [0.4, 0.5) is 0 Å². The van der Waals surface area contributed by atoms with E-state index in [-0.39, 0.29) is 40.2 Å². The molecule has 0 amide bonds. The molecule has 0 unspecified atom stereocenters. The second kappa shape index (κ2) is 16.6. The average molecular weight is 635 g/mol. The van der Waals surface area contributed by atoms with Gasteiger partial charge >= 0.3 is 0 Å². The summed E-state index contributed by atoms with van der Waals surface area (Å²) in [5, 5.41) is 1.03. The Hall–Kier alpha value is 0.549. The third-order valence-electron chi connectivity index (χ3n) is 2.75. The average Bonchev–Trinajstić information content (AvgIpc) is 2.23. The fourth-order valence-electron chi connectivity index (χ4n) is 1.75. The van der Waals surface area contributed by atoms with Crippen LogP contribution in [-0.4, -0.2) is 0 Å². The minimum absolute atomic E-state index is 0. The standard InChI is InChI=1S/C8H11Cl.C8H12.2Ir/c9-8-6-4-2-1-3-5-7-8;1-2-4-6-8-7-5-3-1;;/h1-2,7H,3-6H2;1-2,7-8H,3-6H2;;/b2-1-,8-7+;2-1-,8-7?;;. The number of hydrogen-bond donors (Lipinski definition) is 0. The van der Waals surface area contributed by atoms with Gasteiger partial charge in [0.1, 0.15) is 0 Å². The van der Waals surface area contributed by atoms with Crippen LogP contribution in [0.1, 0.15) is 51.4 Å². The van der Waals surface area contributed by atoms with E-state index in [0.29, 0.717) is 0 Å². The molecule has 0 aliphatic heterocycles. The van der Waals surface area contributed by atoms with Gasteiger partial charge in [0.05, 0.1) is 0 Å². The summed E-state index contributed by atoms with van der Waals surface area (Å²) in [6.45, 7) is 0. The largest absolute Gasteiger partial charge is 0.0895 e. The predicted molar refractivity (Wildman–Crippen MR) is 78.3 cm³/mol. The summed E-state index contributed by atoms with van der Waals surface area (Å²) in [6, 6.07) is 0. The van der Waals surface area contributed by atoms with Gasteiger partial charge in [-0.2, -0.15) is 0 Å². The van der Waals surface area contributed by atoms with Gasteiger partial charge in [0.25, 0.3) is 0 Å². The van der Waals surface area contributed by atoms with E-state index in [4.69, 9.17) is 11.6 Å². The van der Waals surface area contributed by atoms with E-state index in [1.807, 2.05) is 0 Å². The van der Waals surface area contributed by atoms with Gasteiger partial charge in [-0.25, -0.2) is 0 Å². The van der Waals surface area contributed by atoms with E-state index in [0.717, 1.165) is 30.7 Å². The third kappa shape index (κ3) is 14.8. The molecule has 0 heterocycles. The Labute approximate surface area is 150 Å². The zero-order valence-electron chi connectivity index (χ0n) is 11.2. The first kappa shape index (κ1) is 21.8. The molecule has 0 saturated heterocycles. The molecule has 0 atom stereocenters. The van der Waals surface area contributed by atoms with Gasteiger partial charge in [-0.1, -0.05) is 54.1 Å². The molecular weight excluding hydrogens is 612 g/mol. The summed E-state index contributed by atoms with van der Waals surface area (Å²) >= 11 is 5.82. The second-order valence-electron chi connectivity index (χ2n) is 4.34. The summed E-state index contributed by atoms with van der Waals surface area (Å²) in [5.41, 5.74) is 0. The van der Waals surface area contributed by atoms with Gasteiger partial charge < -0.3 is 0 Å². The Morgan fingerprint density at radius 1 is 0.579 bits per heavy atom. The summed E-state index contributed by atoms with van der Waals surface area (Å²) in [6.07, 6.45) is 24.9. The first-order valence-electron chi connectivity index (χ1n) is 6.69. The fourth-order valence-corrected chi connectivity index (χ4v) is 1.97. The van der Waals surface area contributed by atoms with Crippen molar-refractivity contribution in [1.29, 1.82) is 0 Å². The van der Waals surface area contributed by atoms with Crippen LogP contribution in [0.3, 0.4) is 0 Å². The van der Waals surface area contributed by atoms with E-state index in [1.54, 1.807) is 0 Å². The molecule has 0 aromatic rings. The third-order valence-corrected chi connectivity index (χ3v) is 3.09. The van der Waals surface area contributed by atoms with Crippen molar-refractivity contribution in [3.8, 4) is 0 Å². The predicted octanol–water partition coefficient (Wildman–Crippen LogP) is 5.91. The van der Waals surface area contributed by atoms with E-state index >= 15 is 0 Å². The van der Waals surface area contributed by atoms with Crippen molar-refractivity contribution in [3.63, 3.8) is 0 Å². The first-order chi connectivity index (χ1) is 8.39. The van der Waals surface area contributed by atoms with Gasteiger partial charge in [-0.3, -0.25) is 0 Å². The molecule has 0 fully saturated rings. The molecule has 3 heteroatoms. The van der Waals surface area contributed by atoms with Gasteiger partial charge in [0.15, 0.2) is 0 Å². The molecule has 0 nitrogen and oxygen atoms in total.